The number of carbonyl (C=O) groups excluding carboxylic acids is 2. The lowest BCUT2D eigenvalue weighted by Gasteiger charge is -2.19. The SMILES string of the molecule is CCOC(=O)c1c(-c2ccc(C)cc2)csc1NC(=O)COc1ccc(C(C)(C)C)cc1. The van der Waals surface area contributed by atoms with Gasteiger partial charge in [-0.25, -0.2) is 4.79 Å². The third-order valence-electron chi connectivity index (χ3n) is 4.98. The van der Waals surface area contributed by atoms with E-state index in [1.54, 1.807) is 6.92 Å². The fourth-order valence-corrected chi connectivity index (χ4v) is 4.14. The number of benzene rings is 2. The molecule has 0 saturated carbocycles. The van der Waals surface area contributed by atoms with E-state index in [0.29, 0.717) is 16.3 Å². The van der Waals surface area contributed by atoms with Gasteiger partial charge in [0.15, 0.2) is 6.61 Å². The Bertz CT molecular complexity index is 1080. The zero-order valence-corrected chi connectivity index (χ0v) is 20.0. The van der Waals surface area contributed by atoms with E-state index in [4.69, 9.17) is 9.47 Å². The Hall–Kier alpha value is -3.12. The summed E-state index contributed by atoms with van der Waals surface area (Å²) in [5.41, 5.74) is 4.36. The fourth-order valence-electron chi connectivity index (χ4n) is 3.16. The average molecular weight is 452 g/mol. The molecule has 168 valence electrons. The van der Waals surface area contributed by atoms with Crippen molar-refractivity contribution in [3.63, 3.8) is 0 Å². The van der Waals surface area contributed by atoms with Crippen LogP contribution < -0.4 is 10.1 Å². The molecule has 2 aromatic carbocycles. The molecule has 32 heavy (non-hydrogen) atoms. The molecule has 0 spiro atoms. The highest BCUT2D eigenvalue weighted by molar-refractivity contribution is 7.15. The number of hydrogen-bond acceptors (Lipinski definition) is 5. The number of thiophene rings is 1. The maximum Gasteiger partial charge on any atom is 0.341 e. The highest BCUT2D eigenvalue weighted by Gasteiger charge is 2.23. The minimum Gasteiger partial charge on any atom is -0.484 e. The first kappa shape index (κ1) is 23.5. The van der Waals surface area contributed by atoms with Crippen molar-refractivity contribution in [2.45, 2.75) is 40.0 Å². The fraction of sp³-hybridized carbons (Fsp3) is 0.308. The Morgan fingerprint density at radius 2 is 1.66 bits per heavy atom. The van der Waals surface area contributed by atoms with Crippen molar-refractivity contribution in [3.8, 4) is 16.9 Å². The van der Waals surface area contributed by atoms with Gasteiger partial charge in [0.25, 0.3) is 5.91 Å². The Morgan fingerprint density at radius 3 is 2.25 bits per heavy atom. The number of esters is 1. The number of anilines is 1. The lowest BCUT2D eigenvalue weighted by Crippen LogP contribution is -2.21. The van der Waals surface area contributed by atoms with Crippen LogP contribution in [0.3, 0.4) is 0 Å². The van der Waals surface area contributed by atoms with Gasteiger partial charge in [-0.3, -0.25) is 4.79 Å². The van der Waals surface area contributed by atoms with Crippen molar-refractivity contribution >= 4 is 28.2 Å². The van der Waals surface area contributed by atoms with Gasteiger partial charge in [-0.2, -0.15) is 0 Å². The van der Waals surface area contributed by atoms with Gasteiger partial charge in [-0.15, -0.1) is 11.3 Å². The first-order chi connectivity index (χ1) is 15.2. The Kier molecular flexibility index (Phi) is 7.36. The molecule has 0 aliphatic rings. The van der Waals surface area contributed by atoms with Crippen molar-refractivity contribution in [2.75, 3.05) is 18.5 Å². The van der Waals surface area contributed by atoms with Crippen LogP contribution in [0.15, 0.2) is 53.9 Å². The molecule has 1 aromatic heterocycles. The van der Waals surface area contributed by atoms with E-state index >= 15 is 0 Å². The second kappa shape index (κ2) is 10.0. The van der Waals surface area contributed by atoms with Crippen molar-refractivity contribution in [2.24, 2.45) is 0 Å². The third-order valence-corrected chi connectivity index (χ3v) is 5.87. The van der Waals surface area contributed by atoms with E-state index < -0.39 is 5.97 Å². The van der Waals surface area contributed by atoms with Crippen LogP contribution in [0.2, 0.25) is 0 Å². The predicted octanol–water partition coefficient (Wildman–Crippen LogP) is 6.22. The Balaban J connectivity index is 1.74. The van der Waals surface area contributed by atoms with Crippen LogP contribution in [0.1, 0.15) is 49.2 Å². The summed E-state index contributed by atoms with van der Waals surface area (Å²) in [5, 5.41) is 5.13. The summed E-state index contributed by atoms with van der Waals surface area (Å²) in [6.07, 6.45) is 0. The van der Waals surface area contributed by atoms with Gasteiger partial charge in [0, 0.05) is 10.9 Å². The second-order valence-electron chi connectivity index (χ2n) is 8.55. The zero-order valence-electron chi connectivity index (χ0n) is 19.2. The minimum atomic E-state index is -0.460. The lowest BCUT2D eigenvalue weighted by atomic mass is 9.87. The quantitative estimate of drug-likeness (QED) is 0.434. The molecular formula is C26H29NO4S. The molecule has 0 unspecified atom stereocenters. The number of hydrogen-bond donors (Lipinski definition) is 1. The average Bonchev–Trinajstić information content (AvgIpc) is 3.16. The van der Waals surface area contributed by atoms with Crippen LogP contribution in [0, 0.1) is 6.92 Å². The highest BCUT2D eigenvalue weighted by Crippen LogP contribution is 2.36. The smallest absolute Gasteiger partial charge is 0.341 e. The van der Waals surface area contributed by atoms with Crippen LogP contribution in [0.25, 0.3) is 11.1 Å². The number of carbonyl (C=O) groups is 2. The summed E-state index contributed by atoms with van der Waals surface area (Å²) in [5.74, 6) is -0.184. The van der Waals surface area contributed by atoms with Crippen LogP contribution in [0.4, 0.5) is 5.00 Å². The Morgan fingerprint density at radius 1 is 1.00 bits per heavy atom. The van der Waals surface area contributed by atoms with E-state index in [1.165, 1.54) is 16.9 Å². The maximum atomic E-state index is 12.7. The minimum absolute atomic E-state index is 0.0493. The third kappa shape index (κ3) is 5.77. The lowest BCUT2D eigenvalue weighted by molar-refractivity contribution is -0.118. The van der Waals surface area contributed by atoms with Gasteiger partial charge in [0.2, 0.25) is 0 Å². The number of ether oxygens (including phenoxy) is 2. The summed E-state index contributed by atoms with van der Waals surface area (Å²) >= 11 is 1.30. The normalized spacial score (nSPS) is 11.2. The van der Waals surface area contributed by atoms with Crippen molar-refractivity contribution in [1.82, 2.24) is 0 Å². The van der Waals surface area contributed by atoms with Gasteiger partial charge in [-0.05, 0) is 42.5 Å². The largest absolute Gasteiger partial charge is 0.484 e. The molecule has 6 heteroatoms. The summed E-state index contributed by atoms with van der Waals surface area (Å²) in [6, 6.07) is 15.6. The summed E-state index contributed by atoms with van der Waals surface area (Å²) in [6.45, 7) is 10.3. The molecule has 1 heterocycles. The molecule has 0 aliphatic heterocycles. The molecule has 0 fully saturated rings. The van der Waals surface area contributed by atoms with Gasteiger partial charge in [0.05, 0.1) is 6.61 Å². The van der Waals surface area contributed by atoms with E-state index in [0.717, 1.165) is 16.7 Å². The molecule has 0 bridgehead atoms. The molecule has 3 rings (SSSR count). The van der Waals surface area contributed by atoms with Gasteiger partial charge >= 0.3 is 5.97 Å². The van der Waals surface area contributed by atoms with Crippen LogP contribution >= 0.6 is 11.3 Å². The molecule has 1 amide bonds. The van der Waals surface area contributed by atoms with Crippen LogP contribution in [-0.4, -0.2) is 25.1 Å². The molecule has 0 saturated heterocycles. The van der Waals surface area contributed by atoms with Crippen molar-refractivity contribution < 1.29 is 19.1 Å². The molecule has 1 N–H and O–H groups in total. The first-order valence-electron chi connectivity index (χ1n) is 10.6. The van der Waals surface area contributed by atoms with E-state index in [9.17, 15) is 9.59 Å². The molecular weight excluding hydrogens is 422 g/mol. The van der Waals surface area contributed by atoms with E-state index in [1.807, 2.05) is 60.8 Å². The number of nitrogens with one attached hydrogen (secondary N) is 1. The standard InChI is InChI=1S/C26H29NO4S/c1-6-30-25(29)23-21(18-9-7-17(2)8-10-18)16-32-24(23)27-22(28)15-31-20-13-11-19(12-14-20)26(3,4)5/h7-14,16H,6,15H2,1-5H3,(H,27,28). The number of amides is 1. The van der Waals surface area contributed by atoms with Crippen LogP contribution in [0.5, 0.6) is 5.75 Å². The predicted molar refractivity (Wildman–Crippen MR) is 130 cm³/mol. The summed E-state index contributed by atoms with van der Waals surface area (Å²) in [4.78, 5) is 25.2. The first-order valence-corrected chi connectivity index (χ1v) is 11.5. The van der Waals surface area contributed by atoms with Crippen LogP contribution in [-0.2, 0) is 14.9 Å². The zero-order chi connectivity index (χ0) is 23.3. The summed E-state index contributed by atoms with van der Waals surface area (Å²) < 4.78 is 10.9. The van der Waals surface area contributed by atoms with Gasteiger partial charge in [0.1, 0.15) is 16.3 Å². The van der Waals surface area contributed by atoms with Crippen molar-refractivity contribution in [3.05, 3.63) is 70.6 Å². The summed E-state index contributed by atoms with van der Waals surface area (Å²) in [7, 11) is 0. The van der Waals surface area contributed by atoms with Gasteiger partial charge in [-0.1, -0.05) is 62.7 Å². The molecule has 3 aromatic rings. The molecule has 5 nitrogen and oxygen atoms in total. The monoisotopic (exact) mass is 451 g/mol. The molecule has 0 atom stereocenters. The van der Waals surface area contributed by atoms with Crippen molar-refractivity contribution in [1.29, 1.82) is 0 Å². The second-order valence-corrected chi connectivity index (χ2v) is 9.43. The van der Waals surface area contributed by atoms with Gasteiger partial charge < -0.3 is 14.8 Å². The van der Waals surface area contributed by atoms with E-state index in [2.05, 4.69) is 26.1 Å². The topological polar surface area (TPSA) is 64.6 Å². The molecule has 0 aliphatic carbocycles. The highest BCUT2D eigenvalue weighted by atomic mass is 32.1. The van der Waals surface area contributed by atoms with E-state index in [-0.39, 0.29) is 24.5 Å². The Labute approximate surface area is 193 Å². The number of rotatable bonds is 7. The number of aryl methyl sites for hydroxylation is 1. The molecule has 0 radical (unpaired) electrons. The maximum absolute atomic E-state index is 12.7.